The number of ether oxygens (including phenoxy) is 1. The van der Waals surface area contributed by atoms with Gasteiger partial charge >= 0.3 is 0 Å². The largest absolute Gasteiger partial charge is 0.376 e. The first-order valence-corrected chi connectivity index (χ1v) is 12.4. The molecule has 0 saturated carbocycles. The van der Waals surface area contributed by atoms with Crippen molar-refractivity contribution in [3.05, 3.63) is 74.3 Å². The highest BCUT2D eigenvalue weighted by Gasteiger charge is 2.28. The first kappa shape index (κ1) is 23.9. The highest BCUT2D eigenvalue weighted by Crippen LogP contribution is 2.32. The Kier molecular flexibility index (Phi) is 6.95. The molecule has 1 aromatic heterocycles. The molecule has 2 aliphatic rings. The zero-order valence-electron chi connectivity index (χ0n) is 20.0. The number of anilines is 1. The number of rotatable bonds is 7. The lowest BCUT2D eigenvalue weighted by Crippen LogP contribution is -2.38. The number of piperidine rings is 1. The van der Waals surface area contributed by atoms with Gasteiger partial charge in [-0.25, -0.2) is 4.98 Å². The van der Waals surface area contributed by atoms with Crippen molar-refractivity contribution in [1.29, 1.82) is 0 Å². The number of amides is 1. The second kappa shape index (κ2) is 10.4. The normalized spacial score (nSPS) is 17.9. The molecule has 36 heavy (non-hydrogen) atoms. The zero-order valence-corrected chi connectivity index (χ0v) is 20.0. The summed E-state index contributed by atoms with van der Waals surface area (Å²) in [5, 5.41) is 12.4. The highest BCUT2D eigenvalue weighted by molar-refractivity contribution is 5.96. The van der Waals surface area contributed by atoms with Crippen LogP contribution in [0.25, 0.3) is 10.9 Å². The highest BCUT2D eigenvalue weighted by atomic mass is 16.6. The van der Waals surface area contributed by atoms with Gasteiger partial charge in [-0.15, -0.1) is 0 Å². The maximum Gasteiger partial charge on any atom is 0.293 e. The van der Waals surface area contributed by atoms with E-state index in [0.29, 0.717) is 35.6 Å². The molecule has 2 aliphatic heterocycles. The fourth-order valence-electron chi connectivity index (χ4n) is 5.03. The lowest BCUT2D eigenvalue weighted by Gasteiger charge is -2.29. The van der Waals surface area contributed by atoms with Crippen molar-refractivity contribution in [1.82, 2.24) is 14.9 Å². The van der Waals surface area contributed by atoms with Gasteiger partial charge in [0.05, 0.1) is 28.5 Å². The second-order valence-electron chi connectivity index (χ2n) is 9.36. The number of hydrogen-bond donors (Lipinski definition) is 1. The molecule has 1 atom stereocenters. The fourth-order valence-corrected chi connectivity index (χ4v) is 5.03. The van der Waals surface area contributed by atoms with Gasteiger partial charge in [0.15, 0.2) is 0 Å². The molecule has 2 saturated heterocycles. The van der Waals surface area contributed by atoms with Gasteiger partial charge in [-0.2, -0.15) is 0 Å². The Balaban J connectivity index is 1.46. The molecule has 3 heterocycles. The quantitative estimate of drug-likeness (QED) is 0.395. The number of fused-ring (bicyclic) bond motifs is 1. The Hall–Kier alpha value is -3.79. The molecular formula is C26H29N5O5. The van der Waals surface area contributed by atoms with Crippen molar-refractivity contribution in [3.63, 3.8) is 0 Å². The third kappa shape index (κ3) is 5.08. The number of aromatic nitrogens is 2. The van der Waals surface area contributed by atoms with E-state index in [1.54, 1.807) is 41.3 Å². The molecule has 1 amide bonds. The first-order chi connectivity index (χ1) is 17.5. The summed E-state index contributed by atoms with van der Waals surface area (Å²) >= 11 is 0. The van der Waals surface area contributed by atoms with E-state index in [2.05, 4.69) is 9.97 Å². The van der Waals surface area contributed by atoms with E-state index in [4.69, 9.17) is 4.74 Å². The van der Waals surface area contributed by atoms with E-state index in [-0.39, 0.29) is 35.4 Å². The van der Waals surface area contributed by atoms with Crippen LogP contribution in [0.3, 0.4) is 0 Å². The van der Waals surface area contributed by atoms with Crippen LogP contribution in [0, 0.1) is 10.1 Å². The van der Waals surface area contributed by atoms with Gasteiger partial charge in [-0.1, -0.05) is 12.1 Å². The summed E-state index contributed by atoms with van der Waals surface area (Å²) in [6, 6.07) is 11.7. The van der Waals surface area contributed by atoms with Crippen molar-refractivity contribution < 1.29 is 14.5 Å². The average Bonchev–Trinajstić information content (AvgIpc) is 3.41. The van der Waals surface area contributed by atoms with Crippen LogP contribution in [0.5, 0.6) is 0 Å². The predicted molar refractivity (Wildman–Crippen MR) is 135 cm³/mol. The summed E-state index contributed by atoms with van der Waals surface area (Å²) in [5.74, 6) is -0.0147. The number of benzene rings is 2. The van der Waals surface area contributed by atoms with E-state index >= 15 is 0 Å². The van der Waals surface area contributed by atoms with Crippen molar-refractivity contribution in [2.45, 2.75) is 44.8 Å². The van der Waals surface area contributed by atoms with E-state index < -0.39 is 4.92 Å². The molecule has 188 valence electrons. The van der Waals surface area contributed by atoms with E-state index in [1.165, 1.54) is 6.07 Å². The monoisotopic (exact) mass is 491 g/mol. The summed E-state index contributed by atoms with van der Waals surface area (Å²) in [7, 11) is 0. The Morgan fingerprint density at radius 2 is 1.97 bits per heavy atom. The van der Waals surface area contributed by atoms with Crippen LogP contribution in [0.2, 0.25) is 0 Å². The van der Waals surface area contributed by atoms with Gasteiger partial charge in [0.1, 0.15) is 11.5 Å². The third-order valence-corrected chi connectivity index (χ3v) is 6.85. The Labute approximate surface area is 208 Å². The van der Waals surface area contributed by atoms with E-state index in [1.807, 2.05) is 4.90 Å². The Morgan fingerprint density at radius 3 is 2.72 bits per heavy atom. The van der Waals surface area contributed by atoms with Gasteiger partial charge in [-0.3, -0.25) is 19.7 Å². The molecule has 2 fully saturated rings. The van der Waals surface area contributed by atoms with Gasteiger partial charge in [0.2, 0.25) is 0 Å². The minimum absolute atomic E-state index is 0.0560. The van der Waals surface area contributed by atoms with Crippen LogP contribution in [0.4, 0.5) is 11.4 Å². The van der Waals surface area contributed by atoms with Crippen LogP contribution >= 0.6 is 0 Å². The summed E-state index contributed by atoms with van der Waals surface area (Å²) in [4.78, 5) is 48.6. The number of nitrogens with one attached hydrogen (secondary N) is 1. The van der Waals surface area contributed by atoms with Gasteiger partial charge in [0, 0.05) is 37.9 Å². The van der Waals surface area contributed by atoms with Crippen LogP contribution in [0.15, 0.2) is 47.3 Å². The first-order valence-electron chi connectivity index (χ1n) is 12.4. The number of carbonyl (C=O) groups is 1. The minimum Gasteiger partial charge on any atom is -0.376 e. The van der Waals surface area contributed by atoms with Crippen molar-refractivity contribution in [2.75, 3.05) is 31.1 Å². The number of carbonyl (C=O) groups excluding carboxylic acids is 1. The van der Waals surface area contributed by atoms with Gasteiger partial charge in [-0.05, 0) is 56.4 Å². The third-order valence-electron chi connectivity index (χ3n) is 6.85. The number of nitro benzene ring substituents is 1. The summed E-state index contributed by atoms with van der Waals surface area (Å²) < 4.78 is 5.76. The molecule has 0 spiro atoms. The molecule has 0 bridgehead atoms. The zero-order chi connectivity index (χ0) is 25.1. The Bertz CT molecular complexity index is 1330. The standard InChI is InChI=1S/C26H29N5O5/c32-25-20-8-2-3-9-21(20)27-24(28-25)17-30(16-19-7-6-14-36-19)26(33)18-10-11-22(23(15-18)31(34)35)29-12-4-1-5-13-29/h2-3,8-11,15,19H,1,4-7,12-14,16-17H2,(H,27,28,32)/t19-/m0/s1. The number of para-hydroxylation sites is 1. The van der Waals surface area contributed by atoms with E-state index in [9.17, 15) is 19.7 Å². The topological polar surface area (TPSA) is 122 Å². The maximum atomic E-state index is 13.7. The van der Waals surface area contributed by atoms with Crippen molar-refractivity contribution in [2.24, 2.45) is 0 Å². The van der Waals surface area contributed by atoms with E-state index in [0.717, 1.165) is 45.2 Å². The molecule has 0 aliphatic carbocycles. The van der Waals surface area contributed by atoms with Crippen LogP contribution < -0.4 is 10.5 Å². The molecule has 5 rings (SSSR count). The second-order valence-corrected chi connectivity index (χ2v) is 9.36. The summed E-state index contributed by atoms with van der Waals surface area (Å²) in [5.41, 5.74) is 0.965. The van der Waals surface area contributed by atoms with Crippen LogP contribution in [-0.4, -0.2) is 58.0 Å². The number of hydrogen-bond acceptors (Lipinski definition) is 7. The summed E-state index contributed by atoms with van der Waals surface area (Å²) in [6.07, 6.45) is 4.69. The number of aromatic amines is 1. The van der Waals surface area contributed by atoms with Gasteiger partial charge in [0.25, 0.3) is 17.2 Å². The lowest BCUT2D eigenvalue weighted by atomic mass is 10.1. The number of nitro groups is 1. The molecule has 2 aromatic carbocycles. The Morgan fingerprint density at radius 1 is 1.17 bits per heavy atom. The number of nitrogens with zero attached hydrogens (tertiary/aromatic N) is 4. The fraction of sp³-hybridized carbons (Fsp3) is 0.423. The molecular weight excluding hydrogens is 462 g/mol. The molecule has 10 nitrogen and oxygen atoms in total. The maximum absolute atomic E-state index is 13.7. The van der Waals surface area contributed by atoms with Crippen molar-refractivity contribution in [3.8, 4) is 0 Å². The SMILES string of the molecule is O=C(c1ccc(N2CCCCC2)c([N+](=O)[O-])c1)N(Cc1nc2ccccc2c(=O)[nH]1)C[C@@H]1CCCO1. The van der Waals surface area contributed by atoms with Crippen LogP contribution in [-0.2, 0) is 11.3 Å². The molecule has 3 aromatic rings. The molecule has 0 radical (unpaired) electrons. The molecule has 10 heteroatoms. The molecule has 0 unspecified atom stereocenters. The lowest BCUT2D eigenvalue weighted by molar-refractivity contribution is -0.384. The summed E-state index contributed by atoms with van der Waals surface area (Å²) in [6.45, 7) is 2.52. The predicted octanol–water partition coefficient (Wildman–Crippen LogP) is 3.64. The minimum atomic E-state index is -0.423. The van der Waals surface area contributed by atoms with Crippen molar-refractivity contribution >= 4 is 28.2 Å². The number of H-pyrrole nitrogens is 1. The van der Waals surface area contributed by atoms with Gasteiger partial charge < -0.3 is 19.5 Å². The molecule has 1 N–H and O–H groups in total. The average molecular weight is 492 g/mol. The van der Waals surface area contributed by atoms with Crippen LogP contribution in [0.1, 0.15) is 48.3 Å². The smallest absolute Gasteiger partial charge is 0.293 e.